The van der Waals surface area contributed by atoms with E-state index in [4.69, 9.17) is 4.74 Å². The molecule has 1 heterocycles. The monoisotopic (exact) mass is 354 g/mol. The molecule has 0 aromatic heterocycles. The number of thioether (sulfide) groups is 1. The van der Waals surface area contributed by atoms with E-state index in [1.807, 2.05) is 60.7 Å². The van der Waals surface area contributed by atoms with Gasteiger partial charge in [-0.25, -0.2) is 4.99 Å². The van der Waals surface area contributed by atoms with Gasteiger partial charge < -0.3 is 4.74 Å². The fourth-order valence-corrected chi connectivity index (χ4v) is 3.63. The van der Waals surface area contributed by atoms with Crippen molar-refractivity contribution >= 4 is 34.5 Å². The number of aliphatic imine (C=N–C) groups is 1. The van der Waals surface area contributed by atoms with E-state index >= 15 is 0 Å². The molecule has 0 unspecified atom stereocenters. The molecule has 128 valence electrons. The highest BCUT2D eigenvalue weighted by Crippen LogP contribution is 2.32. The van der Waals surface area contributed by atoms with Gasteiger partial charge in [-0.3, -0.25) is 14.5 Å². The summed E-state index contributed by atoms with van der Waals surface area (Å²) in [5, 5.41) is 0.104. The van der Waals surface area contributed by atoms with Crippen LogP contribution in [-0.2, 0) is 20.9 Å². The number of benzene rings is 2. The van der Waals surface area contributed by atoms with Gasteiger partial charge in [0, 0.05) is 0 Å². The summed E-state index contributed by atoms with van der Waals surface area (Å²) in [5.74, 6) is -0.514. The third-order valence-electron chi connectivity index (χ3n) is 3.76. The predicted molar refractivity (Wildman–Crippen MR) is 98.5 cm³/mol. The molecule has 1 amide bonds. The second-order valence-electron chi connectivity index (χ2n) is 5.53. The van der Waals surface area contributed by atoms with Crippen LogP contribution in [0, 0.1) is 0 Å². The summed E-state index contributed by atoms with van der Waals surface area (Å²) in [6.07, 6.45) is 0.0408. The highest BCUT2D eigenvalue weighted by molar-refractivity contribution is 8.15. The lowest BCUT2D eigenvalue weighted by molar-refractivity contribution is -0.142. The highest BCUT2D eigenvalue weighted by atomic mass is 32.2. The summed E-state index contributed by atoms with van der Waals surface area (Å²) in [6, 6.07) is 19.2. The van der Waals surface area contributed by atoms with Crippen LogP contribution in [0.15, 0.2) is 65.7 Å². The molecular formula is C19H18N2O3S. The molecule has 0 aliphatic carbocycles. The van der Waals surface area contributed by atoms with Crippen LogP contribution in [0.5, 0.6) is 0 Å². The van der Waals surface area contributed by atoms with Gasteiger partial charge in [-0.1, -0.05) is 60.3 Å². The fourth-order valence-electron chi connectivity index (χ4n) is 2.48. The van der Waals surface area contributed by atoms with Gasteiger partial charge >= 0.3 is 5.97 Å². The summed E-state index contributed by atoms with van der Waals surface area (Å²) in [7, 11) is 1.33. The quantitative estimate of drug-likeness (QED) is 0.773. The minimum absolute atomic E-state index is 0.0408. The Labute approximate surface area is 150 Å². The van der Waals surface area contributed by atoms with Gasteiger partial charge in [0.15, 0.2) is 5.17 Å². The summed E-state index contributed by atoms with van der Waals surface area (Å²) >= 11 is 1.31. The summed E-state index contributed by atoms with van der Waals surface area (Å²) in [4.78, 5) is 30.6. The molecule has 0 radical (unpaired) electrons. The van der Waals surface area contributed by atoms with Crippen molar-refractivity contribution in [2.75, 3.05) is 7.11 Å². The minimum atomic E-state index is -0.501. The van der Waals surface area contributed by atoms with E-state index in [2.05, 4.69) is 4.99 Å². The van der Waals surface area contributed by atoms with E-state index < -0.39 is 11.2 Å². The third kappa shape index (κ3) is 4.28. The van der Waals surface area contributed by atoms with Crippen LogP contribution >= 0.6 is 11.8 Å². The number of para-hydroxylation sites is 1. The molecule has 0 N–H and O–H groups in total. The largest absolute Gasteiger partial charge is 0.469 e. The number of esters is 1. The SMILES string of the molecule is COC(=O)C[C@H]1SC(=Nc2ccccc2)N(Cc2ccccc2)C1=O. The standard InChI is InChI=1S/C19H18N2O3S/c1-24-17(22)12-16-18(23)21(13-14-8-4-2-5-9-14)19(25-16)20-15-10-6-3-7-11-15/h2-11,16H,12-13H2,1H3/t16-/m1/s1. The lowest BCUT2D eigenvalue weighted by Gasteiger charge is -2.16. The average molecular weight is 354 g/mol. The zero-order valence-corrected chi connectivity index (χ0v) is 14.6. The number of amides is 1. The third-order valence-corrected chi connectivity index (χ3v) is 4.94. The minimum Gasteiger partial charge on any atom is -0.469 e. The lowest BCUT2D eigenvalue weighted by atomic mass is 10.2. The van der Waals surface area contributed by atoms with E-state index in [0.29, 0.717) is 11.7 Å². The summed E-state index contributed by atoms with van der Waals surface area (Å²) in [6.45, 7) is 0.427. The molecule has 6 heteroatoms. The molecule has 1 fully saturated rings. The van der Waals surface area contributed by atoms with Crippen molar-refractivity contribution in [1.29, 1.82) is 0 Å². The number of carbonyl (C=O) groups is 2. The second kappa shape index (κ2) is 7.98. The van der Waals surface area contributed by atoms with Crippen molar-refractivity contribution in [3.05, 3.63) is 66.2 Å². The lowest BCUT2D eigenvalue weighted by Crippen LogP contribution is -2.32. The predicted octanol–water partition coefficient (Wildman–Crippen LogP) is 3.38. The molecule has 0 spiro atoms. The Balaban J connectivity index is 1.87. The molecular weight excluding hydrogens is 336 g/mol. The molecule has 1 saturated heterocycles. The van der Waals surface area contributed by atoms with Gasteiger partial charge in [-0.05, 0) is 17.7 Å². The van der Waals surface area contributed by atoms with Crippen LogP contribution in [0.3, 0.4) is 0 Å². The van der Waals surface area contributed by atoms with Crippen molar-refractivity contribution < 1.29 is 14.3 Å². The maximum atomic E-state index is 12.8. The number of hydrogen-bond acceptors (Lipinski definition) is 5. The number of rotatable bonds is 5. The van der Waals surface area contributed by atoms with Crippen LogP contribution in [0.25, 0.3) is 0 Å². The Morgan fingerprint density at radius 1 is 1.12 bits per heavy atom. The first-order valence-corrected chi connectivity index (χ1v) is 8.78. The molecule has 1 aliphatic heterocycles. The summed E-state index contributed by atoms with van der Waals surface area (Å²) in [5.41, 5.74) is 1.78. The molecule has 25 heavy (non-hydrogen) atoms. The smallest absolute Gasteiger partial charge is 0.307 e. The zero-order valence-electron chi connectivity index (χ0n) is 13.8. The van der Waals surface area contributed by atoms with Gasteiger partial charge in [-0.15, -0.1) is 0 Å². The van der Waals surface area contributed by atoms with Crippen molar-refractivity contribution in [1.82, 2.24) is 4.90 Å². The molecule has 2 aromatic carbocycles. The Hall–Kier alpha value is -2.60. The first kappa shape index (κ1) is 17.2. The number of methoxy groups -OCH3 is 1. The van der Waals surface area contributed by atoms with Crippen LogP contribution < -0.4 is 0 Å². The van der Waals surface area contributed by atoms with Crippen molar-refractivity contribution in [2.45, 2.75) is 18.2 Å². The summed E-state index contributed by atoms with van der Waals surface area (Å²) < 4.78 is 4.70. The molecule has 1 aliphatic rings. The Kier molecular flexibility index (Phi) is 5.50. The van der Waals surface area contributed by atoms with Crippen LogP contribution in [-0.4, -0.2) is 34.3 Å². The first-order chi connectivity index (χ1) is 12.2. The van der Waals surface area contributed by atoms with Gasteiger partial charge in [-0.2, -0.15) is 0 Å². The van der Waals surface area contributed by atoms with Gasteiger partial charge in [0.1, 0.15) is 5.25 Å². The Bertz CT molecular complexity index is 778. The molecule has 0 bridgehead atoms. The Morgan fingerprint density at radius 3 is 2.40 bits per heavy atom. The number of amidine groups is 1. The van der Waals surface area contributed by atoms with Gasteiger partial charge in [0.05, 0.1) is 25.8 Å². The van der Waals surface area contributed by atoms with Crippen LogP contribution in [0.1, 0.15) is 12.0 Å². The van der Waals surface area contributed by atoms with E-state index in [9.17, 15) is 9.59 Å². The number of hydrogen-bond donors (Lipinski definition) is 0. The molecule has 0 saturated carbocycles. The normalized spacial score (nSPS) is 18.6. The maximum Gasteiger partial charge on any atom is 0.307 e. The van der Waals surface area contributed by atoms with Crippen molar-refractivity contribution in [2.24, 2.45) is 4.99 Å². The molecule has 1 atom stereocenters. The van der Waals surface area contributed by atoms with Gasteiger partial charge in [0.2, 0.25) is 5.91 Å². The molecule has 2 aromatic rings. The second-order valence-corrected chi connectivity index (χ2v) is 6.70. The molecule has 3 rings (SSSR count). The number of carbonyl (C=O) groups excluding carboxylic acids is 2. The van der Waals surface area contributed by atoms with E-state index in [1.54, 1.807) is 4.90 Å². The van der Waals surface area contributed by atoms with E-state index in [-0.39, 0.29) is 12.3 Å². The zero-order chi connectivity index (χ0) is 17.6. The first-order valence-electron chi connectivity index (χ1n) is 7.90. The molecule has 5 nitrogen and oxygen atoms in total. The fraction of sp³-hybridized carbons (Fsp3) is 0.211. The van der Waals surface area contributed by atoms with Crippen molar-refractivity contribution in [3.8, 4) is 0 Å². The average Bonchev–Trinajstić information content (AvgIpc) is 2.92. The maximum absolute atomic E-state index is 12.8. The Morgan fingerprint density at radius 2 is 1.76 bits per heavy atom. The van der Waals surface area contributed by atoms with Crippen LogP contribution in [0.2, 0.25) is 0 Å². The van der Waals surface area contributed by atoms with Crippen LogP contribution in [0.4, 0.5) is 5.69 Å². The van der Waals surface area contributed by atoms with E-state index in [1.165, 1.54) is 18.9 Å². The van der Waals surface area contributed by atoms with Gasteiger partial charge in [0.25, 0.3) is 0 Å². The topological polar surface area (TPSA) is 59.0 Å². The highest BCUT2D eigenvalue weighted by Gasteiger charge is 2.39. The van der Waals surface area contributed by atoms with Crippen molar-refractivity contribution in [3.63, 3.8) is 0 Å². The number of nitrogens with zero attached hydrogens (tertiary/aromatic N) is 2. The van der Waals surface area contributed by atoms with E-state index in [0.717, 1.165) is 11.3 Å². The number of ether oxygens (including phenoxy) is 1.